The van der Waals surface area contributed by atoms with E-state index in [-0.39, 0.29) is 35.6 Å². The van der Waals surface area contributed by atoms with Crippen molar-refractivity contribution in [1.29, 1.82) is 0 Å². The Hall–Kier alpha value is -2.57. The van der Waals surface area contributed by atoms with Crippen molar-refractivity contribution in [2.24, 2.45) is 0 Å². The first-order chi connectivity index (χ1) is 13.1. The van der Waals surface area contributed by atoms with Crippen LogP contribution in [0.5, 0.6) is 5.75 Å². The molecule has 0 radical (unpaired) electrons. The predicted molar refractivity (Wildman–Crippen MR) is 108 cm³/mol. The maximum Gasteiger partial charge on any atom is 0.342 e. The third-order valence-electron chi connectivity index (χ3n) is 4.44. The zero-order valence-corrected chi connectivity index (χ0v) is 17.7. The number of aromatic hydroxyl groups is 1. The number of rotatable bonds is 9. The van der Waals surface area contributed by atoms with E-state index in [4.69, 9.17) is 4.74 Å². The second-order valence-corrected chi connectivity index (χ2v) is 7.25. The fourth-order valence-corrected chi connectivity index (χ4v) is 2.71. The SMILES string of the molecule is CCNC(=O)CN(CC)C(=O)COC(=O)c1cc(C(C)C)cc(C(C)C)c1O. The van der Waals surface area contributed by atoms with E-state index in [1.807, 2.05) is 33.8 Å². The molecular formula is C21H32N2O5. The number of ether oxygens (including phenoxy) is 1. The molecule has 1 rings (SSSR count). The van der Waals surface area contributed by atoms with Gasteiger partial charge in [-0.1, -0.05) is 33.8 Å². The fraction of sp³-hybridized carbons (Fsp3) is 0.571. The summed E-state index contributed by atoms with van der Waals surface area (Å²) in [5.74, 6) is -1.42. The van der Waals surface area contributed by atoms with E-state index in [1.54, 1.807) is 19.9 Å². The Bertz CT molecular complexity index is 713. The van der Waals surface area contributed by atoms with Crippen LogP contribution in [0.3, 0.4) is 0 Å². The lowest BCUT2D eigenvalue weighted by Crippen LogP contribution is -2.42. The molecule has 7 nitrogen and oxygen atoms in total. The molecule has 156 valence electrons. The van der Waals surface area contributed by atoms with Crippen molar-refractivity contribution in [3.05, 3.63) is 28.8 Å². The molecular weight excluding hydrogens is 360 g/mol. The van der Waals surface area contributed by atoms with Crippen molar-refractivity contribution < 1.29 is 24.2 Å². The number of esters is 1. The molecule has 7 heteroatoms. The van der Waals surface area contributed by atoms with Crippen molar-refractivity contribution in [3.8, 4) is 5.75 Å². The first-order valence-electron chi connectivity index (χ1n) is 9.70. The highest BCUT2D eigenvalue weighted by Gasteiger charge is 2.22. The van der Waals surface area contributed by atoms with Gasteiger partial charge in [0, 0.05) is 13.1 Å². The molecule has 1 aromatic carbocycles. The summed E-state index contributed by atoms with van der Waals surface area (Å²) < 4.78 is 5.14. The van der Waals surface area contributed by atoms with Gasteiger partial charge in [-0.25, -0.2) is 4.79 Å². The molecule has 0 heterocycles. The predicted octanol–water partition coefficient (Wildman–Crippen LogP) is 2.78. The van der Waals surface area contributed by atoms with Gasteiger partial charge in [0.25, 0.3) is 5.91 Å². The minimum absolute atomic E-state index is 0.0274. The van der Waals surface area contributed by atoms with Gasteiger partial charge in [-0.3, -0.25) is 9.59 Å². The molecule has 28 heavy (non-hydrogen) atoms. The number of phenolic OH excluding ortho intramolecular Hbond substituents is 1. The topological polar surface area (TPSA) is 95.9 Å². The summed E-state index contributed by atoms with van der Waals surface area (Å²) in [6.07, 6.45) is 0. The second kappa shape index (κ2) is 10.7. The quantitative estimate of drug-likeness (QED) is 0.630. The van der Waals surface area contributed by atoms with Crippen molar-refractivity contribution in [1.82, 2.24) is 10.2 Å². The van der Waals surface area contributed by atoms with Gasteiger partial charge in [0.1, 0.15) is 11.3 Å². The summed E-state index contributed by atoms with van der Waals surface area (Å²) in [4.78, 5) is 37.8. The molecule has 2 N–H and O–H groups in total. The lowest BCUT2D eigenvalue weighted by molar-refractivity contribution is -0.138. The minimum Gasteiger partial charge on any atom is -0.507 e. The summed E-state index contributed by atoms with van der Waals surface area (Å²) in [6.45, 7) is 11.6. The molecule has 2 amide bonds. The normalized spacial score (nSPS) is 10.9. The van der Waals surface area contributed by atoms with Crippen LogP contribution in [0.25, 0.3) is 0 Å². The highest BCUT2D eigenvalue weighted by atomic mass is 16.5. The van der Waals surface area contributed by atoms with Crippen molar-refractivity contribution in [3.63, 3.8) is 0 Å². The van der Waals surface area contributed by atoms with E-state index in [2.05, 4.69) is 5.32 Å². The highest BCUT2D eigenvalue weighted by molar-refractivity contribution is 5.95. The number of carbonyl (C=O) groups excluding carboxylic acids is 3. The summed E-state index contributed by atoms with van der Waals surface area (Å²) in [5, 5.41) is 13.1. The summed E-state index contributed by atoms with van der Waals surface area (Å²) in [5.41, 5.74) is 1.62. The van der Waals surface area contributed by atoms with Gasteiger partial charge in [-0.15, -0.1) is 0 Å². The van der Waals surface area contributed by atoms with Gasteiger partial charge < -0.3 is 20.1 Å². The van der Waals surface area contributed by atoms with Crippen molar-refractivity contribution in [2.45, 2.75) is 53.4 Å². The number of benzene rings is 1. The van der Waals surface area contributed by atoms with Gasteiger partial charge in [0.05, 0.1) is 6.54 Å². The lowest BCUT2D eigenvalue weighted by atomic mass is 9.92. The van der Waals surface area contributed by atoms with E-state index >= 15 is 0 Å². The van der Waals surface area contributed by atoms with Crippen molar-refractivity contribution >= 4 is 17.8 Å². The van der Waals surface area contributed by atoms with Crippen molar-refractivity contribution in [2.75, 3.05) is 26.2 Å². The number of amides is 2. The van der Waals surface area contributed by atoms with Gasteiger partial charge in [0.2, 0.25) is 5.91 Å². The van der Waals surface area contributed by atoms with Crippen LogP contribution in [-0.4, -0.2) is 54.0 Å². The maximum atomic E-state index is 12.5. The first-order valence-corrected chi connectivity index (χ1v) is 9.70. The molecule has 0 aliphatic heterocycles. The van der Waals surface area contributed by atoms with Crippen LogP contribution >= 0.6 is 0 Å². The summed E-state index contributed by atoms with van der Waals surface area (Å²) >= 11 is 0. The van der Waals surface area contributed by atoms with Gasteiger partial charge in [-0.2, -0.15) is 0 Å². The third-order valence-corrected chi connectivity index (χ3v) is 4.44. The summed E-state index contributed by atoms with van der Waals surface area (Å²) in [7, 11) is 0. The van der Waals surface area contributed by atoms with Crippen LogP contribution in [0.15, 0.2) is 12.1 Å². The molecule has 0 fully saturated rings. The van der Waals surface area contributed by atoms with Crippen LogP contribution in [-0.2, 0) is 14.3 Å². The van der Waals surface area contributed by atoms with E-state index in [1.165, 1.54) is 4.90 Å². The Labute approximate surface area is 167 Å². The van der Waals surface area contributed by atoms with Crippen LogP contribution in [0.2, 0.25) is 0 Å². The van der Waals surface area contributed by atoms with E-state index in [0.29, 0.717) is 18.7 Å². The summed E-state index contributed by atoms with van der Waals surface area (Å²) in [6, 6.07) is 3.49. The molecule has 0 bridgehead atoms. The average molecular weight is 392 g/mol. The zero-order valence-electron chi connectivity index (χ0n) is 17.7. The lowest BCUT2D eigenvalue weighted by Gasteiger charge is -2.20. The Kier molecular flexibility index (Phi) is 8.96. The molecule has 1 aromatic rings. The maximum absolute atomic E-state index is 12.5. The standard InChI is InChI=1S/C21H32N2O5/c1-7-22-18(24)11-23(8-2)19(25)12-28-21(27)17-10-15(13(3)4)9-16(14(5)6)20(17)26/h9-10,13-14,26H,7-8,11-12H2,1-6H3,(H,22,24). The number of phenols is 1. The highest BCUT2D eigenvalue weighted by Crippen LogP contribution is 2.33. The Morgan fingerprint density at radius 3 is 2.25 bits per heavy atom. The second-order valence-electron chi connectivity index (χ2n) is 7.25. The number of nitrogens with zero attached hydrogens (tertiary/aromatic N) is 1. The molecule has 0 atom stereocenters. The van der Waals surface area contributed by atoms with Crippen LogP contribution in [0, 0.1) is 0 Å². The monoisotopic (exact) mass is 392 g/mol. The molecule has 0 saturated carbocycles. The van der Waals surface area contributed by atoms with Crippen LogP contribution in [0.1, 0.15) is 74.9 Å². The number of hydrogen-bond acceptors (Lipinski definition) is 5. The molecule has 0 aliphatic rings. The Balaban J connectivity index is 2.92. The van der Waals surface area contributed by atoms with Crippen LogP contribution < -0.4 is 5.32 Å². The number of carbonyl (C=O) groups is 3. The molecule has 0 saturated heterocycles. The average Bonchev–Trinajstić information content (AvgIpc) is 2.63. The van der Waals surface area contributed by atoms with E-state index in [9.17, 15) is 19.5 Å². The van der Waals surface area contributed by atoms with E-state index < -0.39 is 18.5 Å². The Morgan fingerprint density at radius 1 is 1.11 bits per heavy atom. The smallest absolute Gasteiger partial charge is 0.342 e. The van der Waals surface area contributed by atoms with Crippen LogP contribution in [0.4, 0.5) is 0 Å². The number of hydrogen-bond donors (Lipinski definition) is 2. The fourth-order valence-electron chi connectivity index (χ4n) is 2.71. The Morgan fingerprint density at radius 2 is 1.75 bits per heavy atom. The van der Waals surface area contributed by atoms with Gasteiger partial charge >= 0.3 is 5.97 Å². The zero-order chi connectivity index (χ0) is 21.4. The molecule has 0 aromatic heterocycles. The van der Waals surface area contributed by atoms with Gasteiger partial charge in [0.15, 0.2) is 6.61 Å². The molecule has 0 aliphatic carbocycles. The first kappa shape index (κ1) is 23.5. The minimum atomic E-state index is -0.760. The third kappa shape index (κ3) is 6.25. The molecule has 0 spiro atoms. The number of nitrogens with one attached hydrogen (secondary N) is 1. The number of likely N-dealkylation sites (N-methyl/N-ethyl adjacent to an activating group) is 2. The molecule has 0 unspecified atom stereocenters. The largest absolute Gasteiger partial charge is 0.507 e. The van der Waals surface area contributed by atoms with Gasteiger partial charge in [-0.05, 0) is 42.9 Å². The van der Waals surface area contributed by atoms with E-state index in [0.717, 1.165) is 5.56 Å².